The van der Waals surface area contributed by atoms with E-state index in [0.717, 1.165) is 30.8 Å². The molecule has 1 saturated heterocycles. The van der Waals surface area contributed by atoms with Crippen molar-refractivity contribution in [2.45, 2.75) is 18.9 Å². The fraction of sp³-hybridized carbons (Fsp3) is 0.316. The summed E-state index contributed by atoms with van der Waals surface area (Å²) >= 11 is 0. The minimum Gasteiger partial charge on any atom is -0.380 e. The van der Waals surface area contributed by atoms with Crippen molar-refractivity contribution in [3.8, 4) is 0 Å². The number of rotatable bonds is 4. The quantitative estimate of drug-likeness (QED) is 0.932. The second-order valence-corrected chi connectivity index (χ2v) is 5.91. The average molecular weight is 310 g/mol. The highest BCUT2D eigenvalue weighted by Gasteiger charge is 2.27. The van der Waals surface area contributed by atoms with E-state index in [0.29, 0.717) is 12.5 Å². The molecule has 2 amide bonds. The molecule has 0 unspecified atom stereocenters. The lowest BCUT2D eigenvalue weighted by atomic mass is 9.99. The Hall–Kier alpha value is -2.33. The van der Waals surface area contributed by atoms with Crippen LogP contribution in [0.25, 0.3) is 0 Å². The third-order valence-electron chi connectivity index (χ3n) is 4.24. The second-order valence-electron chi connectivity index (χ2n) is 5.91. The van der Waals surface area contributed by atoms with E-state index in [1.807, 2.05) is 35.2 Å². The van der Waals surface area contributed by atoms with Crippen molar-refractivity contribution in [3.05, 3.63) is 65.7 Å². The van der Waals surface area contributed by atoms with Crippen LogP contribution in [0.5, 0.6) is 0 Å². The van der Waals surface area contributed by atoms with E-state index in [2.05, 4.69) is 29.6 Å². The number of anilines is 1. The number of nitrogens with zero attached hydrogens (tertiary/aromatic N) is 1. The van der Waals surface area contributed by atoms with Crippen LogP contribution in [0.2, 0.25) is 0 Å². The zero-order valence-electron chi connectivity index (χ0n) is 13.4. The Bertz CT molecular complexity index is 657. The Balaban J connectivity index is 1.60. The SMILES string of the molecule is COCc1cccc(NC(=O)N2CC[C@@H](c3ccccc3)C2)c1. The van der Waals surface area contributed by atoms with Crippen LogP contribution >= 0.6 is 0 Å². The summed E-state index contributed by atoms with van der Waals surface area (Å²) in [6.07, 6.45) is 1.02. The molecule has 4 nitrogen and oxygen atoms in total. The van der Waals surface area contributed by atoms with Crippen LogP contribution in [0.4, 0.5) is 10.5 Å². The summed E-state index contributed by atoms with van der Waals surface area (Å²) in [5, 5.41) is 2.99. The van der Waals surface area contributed by atoms with Gasteiger partial charge in [-0.1, -0.05) is 42.5 Å². The maximum atomic E-state index is 12.4. The second kappa shape index (κ2) is 7.29. The van der Waals surface area contributed by atoms with E-state index in [1.165, 1.54) is 5.56 Å². The summed E-state index contributed by atoms with van der Waals surface area (Å²) in [6.45, 7) is 2.11. The van der Waals surface area contributed by atoms with Crippen LogP contribution in [-0.2, 0) is 11.3 Å². The Labute approximate surface area is 137 Å². The van der Waals surface area contributed by atoms with Crippen molar-refractivity contribution in [2.75, 3.05) is 25.5 Å². The van der Waals surface area contributed by atoms with Crippen LogP contribution in [0.3, 0.4) is 0 Å². The molecule has 0 aromatic heterocycles. The highest BCUT2D eigenvalue weighted by Crippen LogP contribution is 2.27. The maximum absolute atomic E-state index is 12.4. The number of ether oxygens (including phenoxy) is 1. The van der Waals surface area contributed by atoms with Gasteiger partial charge in [-0.25, -0.2) is 4.79 Å². The Morgan fingerprint density at radius 1 is 1.22 bits per heavy atom. The molecule has 2 aromatic rings. The number of benzene rings is 2. The Morgan fingerprint density at radius 2 is 2.04 bits per heavy atom. The first-order chi connectivity index (χ1) is 11.3. The highest BCUT2D eigenvalue weighted by molar-refractivity contribution is 5.89. The molecule has 120 valence electrons. The molecule has 1 aliphatic rings. The lowest BCUT2D eigenvalue weighted by molar-refractivity contribution is 0.185. The number of hydrogen-bond acceptors (Lipinski definition) is 2. The molecule has 0 spiro atoms. The van der Waals surface area contributed by atoms with Crippen molar-refractivity contribution in [1.29, 1.82) is 0 Å². The maximum Gasteiger partial charge on any atom is 0.321 e. The first-order valence-corrected chi connectivity index (χ1v) is 7.95. The molecular formula is C19H22N2O2. The van der Waals surface area contributed by atoms with Gasteiger partial charge in [0.1, 0.15) is 0 Å². The summed E-state index contributed by atoms with van der Waals surface area (Å²) in [5.41, 5.74) is 3.17. The van der Waals surface area contributed by atoms with Gasteiger partial charge in [0.15, 0.2) is 0 Å². The highest BCUT2D eigenvalue weighted by atomic mass is 16.5. The summed E-state index contributed by atoms with van der Waals surface area (Å²) in [7, 11) is 1.67. The fourth-order valence-electron chi connectivity index (χ4n) is 3.05. The van der Waals surface area contributed by atoms with Gasteiger partial charge in [-0.3, -0.25) is 0 Å². The number of hydrogen-bond donors (Lipinski definition) is 1. The Morgan fingerprint density at radius 3 is 2.83 bits per heavy atom. The number of carbonyl (C=O) groups is 1. The molecule has 1 N–H and O–H groups in total. The van der Waals surface area contributed by atoms with Gasteiger partial charge in [0.25, 0.3) is 0 Å². The zero-order chi connectivity index (χ0) is 16.1. The van der Waals surface area contributed by atoms with Crippen molar-refractivity contribution in [1.82, 2.24) is 4.90 Å². The van der Waals surface area contributed by atoms with E-state index in [9.17, 15) is 4.79 Å². The monoisotopic (exact) mass is 310 g/mol. The average Bonchev–Trinajstić information content (AvgIpc) is 3.06. The molecule has 4 heteroatoms. The van der Waals surface area contributed by atoms with Crippen LogP contribution in [-0.4, -0.2) is 31.1 Å². The van der Waals surface area contributed by atoms with Gasteiger partial charge in [-0.2, -0.15) is 0 Å². The van der Waals surface area contributed by atoms with E-state index in [1.54, 1.807) is 7.11 Å². The third kappa shape index (κ3) is 3.90. The molecule has 1 fully saturated rings. The van der Waals surface area contributed by atoms with Crippen LogP contribution in [0, 0.1) is 0 Å². The lowest BCUT2D eigenvalue weighted by Crippen LogP contribution is -2.32. The number of amides is 2. The normalized spacial score (nSPS) is 17.3. The number of likely N-dealkylation sites (tertiary alicyclic amines) is 1. The molecule has 1 atom stereocenters. The van der Waals surface area contributed by atoms with E-state index in [4.69, 9.17) is 4.74 Å². The van der Waals surface area contributed by atoms with Gasteiger partial charge < -0.3 is 15.0 Å². The number of urea groups is 1. The predicted molar refractivity (Wildman–Crippen MR) is 91.5 cm³/mol. The molecule has 0 bridgehead atoms. The van der Waals surface area contributed by atoms with Gasteiger partial charge in [-0.15, -0.1) is 0 Å². The van der Waals surface area contributed by atoms with Gasteiger partial charge in [0.2, 0.25) is 0 Å². The third-order valence-corrected chi connectivity index (χ3v) is 4.24. The van der Waals surface area contributed by atoms with Crippen LogP contribution in [0.15, 0.2) is 54.6 Å². The minimum atomic E-state index is -0.0296. The molecular weight excluding hydrogens is 288 g/mol. The standard InChI is InChI=1S/C19H22N2O2/c1-23-14-15-6-5-9-18(12-15)20-19(22)21-11-10-17(13-21)16-7-3-2-4-8-16/h2-9,12,17H,10-11,13-14H2,1H3,(H,20,22)/t17-/m1/s1. The van der Waals surface area contributed by atoms with Gasteiger partial charge in [-0.05, 0) is 29.7 Å². The van der Waals surface area contributed by atoms with Crippen molar-refractivity contribution in [2.24, 2.45) is 0 Å². The van der Waals surface area contributed by atoms with Gasteiger partial charge in [0, 0.05) is 31.8 Å². The van der Waals surface area contributed by atoms with E-state index < -0.39 is 0 Å². The van der Waals surface area contributed by atoms with E-state index >= 15 is 0 Å². The summed E-state index contributed by atoms with van der Waals surface area (Å²) < 4.78 is 5.13. The molecule has 1 heterocycles. The summed E-state index contributed by atoms with van der Waals surface area (Å²) in [4.78, 5) is 14.3. The van der Waals surface area contributed by atoms with Gasteiger partial charge in [0.05, 0.1) is 6.61 Å². The molecule has 2 aromatic carbocycles. The first-order valence-electron chi connectivity index (χ1n) is 7.95. The molecule has 3 rings (SSSR count). The summed E-state index contributed by atoms with van der Waals surface area (Å²) in [6, 6.07) is 18.2. The van der Waals surface area contributed by atoms with Crippen molar-refractivity contribution in [3.63, 3.8) is 0 Å². The zero-order valence-corrected chi connectivity index (χ0v) is 13.4. The van der Waals surface area contributed by atoms with Gasteiger partial charge >= 0.3 is 6.03 Å². The topological polar surface area (TPSA) is 41.6 Å². The number of carbonyl (C=O) groups excluding carboxylic acids is 1. The summed E-state index contributed by atoms with van der Waals surface area (Å²) in [5.74, 6) is 0.432. The molecule has 1 aliphatic heterocycles. The van der Waals surface area contributed by atoms with Crippen LogP contribution < -0.4 is 5.32 Å². The Kier molecular flexibility index (Phi) is 4.93. The minimum absolute atomic E-state index is 0.0296. The predicted octanol–water partition coefficient (Wildman–Crippen LogP) is 3.85. The van der Waals surface area contributed by atoms with Crippen LogP contribution in [0.1, 0.15) is 23.5 Å². The van der Waals surface area contributed by atoms with E-state index in [-0.39, 0.29) is 6.03 Å². The largest absolute Gasteiger partial charge is 0.380 e. The smallest absolute Gasteiger partial charge is 0.321 e. The van der Waals surface area contributed by atoms with Crippen molar-refractivity contribution < 1.29 is 9.53 Å². The number of nitrogens with one attached hydrogen (secondary N) is 1. The molecule has 0 aliphatic carbocycles. The fourth-order valence-corrected chi connectivity index (χ4v) is 3.05. The molecule has 23 heavy (non-hydrogen) atoms. The molecule has 0 radical (unpaired) electrons. The first kappa shape index (κ1) is 15.6. The lowest BCUT2D eigenvalue weighted by Gasteiger charge is -2.18. The van der Waals surface area contributed by atoms with Crippen molar-refractivity contribution >= 4 is 11.7 Å². The number of methoxy groups -OCH3 is 1. The molecule has 0 saturated carbocycles.